The Bertz CT molecular complexity index is 1180. The smallest absolute Gasteiger partial charge is 0.307 e. The SMILES string of the molecule is COC(=O)C[C@]12C(=O)NCCN1[C@H](c1ccc(C)cc1)[C@@H]1C(=O)N(c3ccc(C)cc3)C(=O)[C@@H]12. The molecule has 34 heavy (non-hydrogen) atoms. The molecule has 0 saturated carbocycles. The lowest BCUT2D eigenvalue weighted by molar-refractivity contribution is -0.154. The zero-order valence-electron chi connectivity index (χ0n) is 19.4. The van der Waals surface area contributed by atoms with Crippen molar-refractivity contribution in [2.45, 2.75) is 31.8 Å². The fourth-order valence-corrected chi connectivity index (χ4v) is 5.87. The molecule has 3 heterocycles. The van der Waals surface area contributed by atoms with E-state index in [9.17, 15) is 19.2 Å². The van der Waals surface area contributed by atoms with Crippen molar-refractivity contribution in [3.8, 4) is 0 Å². The lowest BCUT2D eigenvalue weighted by Crippen LogP contribution is -2.67. The first-order valence-corrected chi connectivity index (χ1v) is 11.4. The number of anilines is 1. The average Bonchev–Trinajstić information content (AvgIpc) is 3.26. The number of ether oxygens (including phenoxy) is 1. The van der Waals surface area contributed by atoms with Crippen molar-refractivity contribution in [3.63, 3.8) is 0 Å². The molecule has 3 fully saturated rings. The first-order valence-electron chi connectivity index (χ1n) is 11.4. The summed E-state index contributed by atoms with van der Waals surface area (Å²) in [4.78, 5) is 57.0. The summed E-state index contributed by atoms with van der Waals surface area (Å²) in [7, 11) is 1.26. The second-order valence-corrected chi connectivity index (χ2v) is 9.33. The number of esters is 1. The minimum absolute atomic E-state index is 0.306. The number of fused-ring (bicyclic) bond motifs is 3. The van der Waals surface area contributed by atoms with E-state index in [-0.39, 0.29) is 12.3 Å². The van der Waals surface area contributed by atoms with Crippen LogP contribution < -0.4 is 10.2 Å². The maximum absolute atomic E-state index is 13.9. The Kier molecular flexibility index (Phi) is 5.28. The molecule has 3 amide bonds. The highest BCUT2D eigenvalue weighted by Crippen LogP contribution is 2.57. The summed E-state index contributed by atoms with van der Waals surface area (Å²) in [6.07, 6.45) is -0.306. The van der Waals surface area contributed by atoms with E-state index < -0.39 is 41.2 Å². The molecule has 3 aliphatic rings. The highest BCUT2D eigenvalue weighted by Gasteiger charge is 2.73. The molecule has 0 radical (unpaired) electrons. The predicted molar refractivity (Wildman–Crippen MR) is 124 cm³/mol. The molecule has 0 bridgehead atoms. The molecular weight excluding hydrogens is 434 g/mol. The third-order valence-electron chi connectivity index (χ3n) is 7.44. The van der Waals surface area contributed by atoms with Crippen molar-refractivity contribution in [1.82, 2.24) is 10.2 Å². The number of piperazine rings is 1. The number of benzene rings is 2. The van der Waals surface area contributed by atoms with Crippen molar-refractivity contribution in [1.29, 1.82) is 0 Å². The van der Waals surface area contributed by atoms with E-state index >= 15 is 0 Å². The van der Waals surface area contributed by atoms with Crippen LogP contribution in [0.4, 0.5) is 5.69 Å². The van der Waals surface area contributed by atoms with E-state index in [0.717, 1.165) is 16.7 Å². The largest absolute Gasteiger partial charge is 0.469 e. The molecule has 0 aliphatic carbocycles. The Labute approximate surface area is 197 Å². The Morgan fingerprint density at radius 3 is 2.24 bits per heavy atom. The number of rotatable bonds is 4. The van der Waals surface area contributed by atoms with Crippen LogP contribution in [0.15, 0.2) is 48.5 Å². The van der Waals surface area contributed by atoms with E-state index in [1.807, 2.05) is 55.1 Å². The van der Waals surface area contributed by atoms with Crippen molar-refractivity contribution >= 4 is 29.4 Å². The highest BCUT2D eigenvalue weighted by molar-refractivity contribution is 6.24. The van der Waals surface area contributed by atoms with Crippen LogP contribution in [0.1, 0.15) is 29.2 Å². The van der Waals surface area contributed by atoms with Crippen molar-refractivity contribution in [3.05, 3.63) is 65.2 Å². The van der Waals surface area contributed by atoms with Gasteiger partial charge < -0.3 is 10.1 Å². The topological polar surface area (TPSA) is 96.0 Å². The number of nitrogens with zero attached hydrogens (tertiary/aromatic N) is 2. The average molecular weight is 462 g/mol. The van der Waals surface area contributed by atoms with Gasteiger partial charge >= 0.3 is 5.97 Å². The molecular formula is C26H27N3O5. The summed E-state index contributed by atoms with van der Waals surface area (Å²) >= 11 is 0. The van der Waals surface area contributed by atoms with Crippen LogP contribution in [0.25, 0.3) is 0 Å². The summed E-state index contributed by atoms with van der Waals surface area (Å²) in [6, 6.07) is 14.4. The summed E-state index contributed by atoms with van der Waals surface area (Å²) in [6.45, 7) is 4.68. The maximum Gasteiger partial charge on any atom is 0.307 e. The van der Waals surface area contributed by atoms with Crippen molar-refractivity contribution in [2.24, 2.45) is 11.8 Å². The standard InChI is InChI=1S/C26H27N3O5/c1-15-4-8-17(9-5-15)22-20-21(24(32)29(23(20)31)18-10-6-16(2)7-11-18)26(14-19(30)34-3)25(33)27-12-13-28(22)26/h4-11,20-22H,12-14H2,1-3H3,(H,27,33)/t20-,21-,22-,26+/m1/s1. The number of hydrogen-bond donors (Lipinski definition) is 1. The Morgan fingerprint density at radius 1 is 1.00 bits per heavy atom. The number of nitrogens with one attached hydrogen (secondary N) is 1. The van der Waals surface area contributed by atoms with Crippen LogP contribution in [-0.4, -0.2) is 54.3 Å². The van der Waals surface area contributed by atoms with Gasteiger partial charge in [0.25, 0.3) is 0 Å². The molecule has 0 spiro atoms. The quantitative estimate of drug-likeness (QED) is 0.552. The van der Waals surface area contributed by atoms with Gasteiger partial charge in [-0.05, 0) is 31.5 Å². The zero-order valence-corrected chi connectivity index (χ0v) is 19.4. The molecule has 176 valence electrons. The number of imide groups is 1. The molecule has 2 aromatic rings. The summed E-state index contributed by atoms with van der Waals surface area (Å²) in [5, 5.41) is 2.84. The lowest BCUT2D eigenvalue weighted by Gasteiger charge is -2.45. The van der Waals surface area contributed by atoms with Gasteiger partial charge in [-0.2, -0.15) is 0 Å². The molecule has 5 rings (SSSR count). The predicted octanol–water partition coefficient (Wildman–Crippen LogP) is 1.90. The van der Waals surface area contributed by atoms with E-state index in [2.05, 4.69) is 5.32 Å². The van der Waals surface area contributed by atoms with Gasteiger partial charge in [0.05, 0.1) is 31.1 Å². The third kappa shape index (κ3) is 3.09. The van der Waals surface area contributed by atoms with Gasteiger partial charge in [0.1, 0.15) is 5.54 Å². The van der Waals surface area contributed by atoms with Crippen LogP contribution in [0.2, 0.25) is 0 Å². The van der Waals surface area contributed by atoms with Crippen LogP contribution in [-0.2, 0) is 23.9 Å². The van der Waals surface area contributed by atoms with Crippen LogP contribution in [0, 0.1) is 25.7 Å². The van der Waals surface area contributed by atoms with Gasteiger partial charge in [-0.1, -0.05) is 47.5 Å². The molecule has 4 atom stereocenters. The van der Waals surface area contributed by atoms with Crippen molar-refractivity contribution < 1.29 is 23.9 Å². The van der Waals surface area contributed by atoms with Gasteiger partial charge in [0.15, 0.2) is 0 Å². The molecule has 3 aliphatic heterocycles. The van der Waals surface area contributed by atoms with Crippen LogP contribution in [0.3, 0.4) is 0 Å². The minimum atomic E-state index is -1.50. The molecule has 0 aromatic heterocycles. The van der Waals surface area contributed by atoms with E-state index in [1.165, 1.54) is 12.0 Å². The fourth-order valence-electron chi connectivity index (χ4n) is 5.87. The second-order valence-electron chi connectivity index (χ2n) is 9.33. The van der Waals surface area contributed by atoms with Crippen LogP contribution >= 0.6 is 0 Å². The molecule has 8 nitrogen and oxygen atoms in total. The van der Waals surface area contributed by atoms with Crippen molar-refractivity contribution in [2.75, 3.05) is 25.1 Å². The number of hydrogen-bond acceptors (Lipinski definition) is 6. The first-order chi connectivity index (χ1) is 16.3. The number of carbonyl (C=O) groups is 4. The number of methoxy groups -OCH3 is 1. The third-order valence-corrected chi connectivity index (χ3v) is 7.44. The Morgan fingerprint density at radius 2 is 1.62 bits per heavy atom. The normalized spacial score (nSPS) is 28.5. The van der Waals surface area contributed by atoms with E-state index in [4.69, 9.17) is 4.74 Å². The Balaban J connectivity index is 1.70. The van der Waals surface area contributed by atoms with E-state index in [1.54, 1.807) is 12.1 Å². The number of amides is 3. The molecule has 2 aromatic carbocycles. The molecule has 3 saturated heterocycles. The zero-order chi connectivity index (χ0) is 24.2. The molecule has 8 heteroatoms. The molecule has 0 unspecified atom stereocenters. The minimum Gasteiger partial charge on any atom is -0.469 e. The maximum atomic E-state index is 13.9. The summed E-state index contributed by atoms with van der Waals surface area (Å²) < 4.78 is 4.94. The van der Waals surface area contributed by atoms with Gasteiger partial charge in [-0.25, -0.2) is 4.90 Å². The van der Waals surface area contributed by atoms with E-state index in [0.29, 0.717) is 18.8 Å². The van der Waals surface area contributed by atoms with Gasteiger partial charge in [-0.3, -0.25) is 24.1 Å². The van der Waals surface area contributed by atoms with Crippen LogP contribution in [0.5, 0.6) is 0 Å². The summed E-state index contributed by atoms with van der Waals surface area (Å²) in [5.74, 6) is -3.63. The van der Waals surface area contributed by atoms with Gasteiger partial charge in [0, 0.05) is 19.1 Å². The Hall–Kier alpha value is -3.52. The first kappa shape index (κ1) is 22.3. The van der Waals surface area contributed by atoms with Gasteiger partial charge in [0.2, 0.25) is 17.7 Å². The lowest BCUT2D eigenvalue weighted by atomic mass is 9.76. The fraction of sp³-hybridized carbons (Fsp3) is 0.385. The summed E-state index contributed by atoms with van der Waals surface area (Å²) in [5.41, 5.74) is 1.87. The molecule has 1 N–H and O–H groups in total. The second kappa shape index (κ2) is 8.06. The number of aryl methyl sites for hydroxylation is 2. The highest BCUT2D eigenvalue weighted by atomic mass is 16.5. The van der Waals surface area contributed by atoms with Gasteiger partial charge in [-0.15, -0.1) is 0 Å². The monoisotopic (exact) mass is 461 g/mol. The number of carbonyl (C=O) groups excluding carboxylic acids is 4.